The minimum atomic E-state index is 1.03. The number of allylic oxidation sites excluding steroid dienone is 1. The molecule has 100 valence electrons. The van der Waals surface area contributed by atoms with Crippen LogP contribution in [0.25, 0.3) is 11.1 Å². The van der Waals surface area contributed by atoms with Gasteiger partial charge in [0.1, 0.15) is 0 Å². The number of nitrogens with zero attached hydrogens (tertiary/aromatic N) is 2. The Hall–Kier alpha value is -1.61. The highest BCUT2D eigenvalue weighted by Gasteiger charge is 2.28. The first-order valence-electron chi connectivity index (χ1n) is 6.94. The summed E-state index contributed by atoms with van der Waals surface area (Å²) < 4.78 is 1.03. The number of halogens is 1. The Morgan fingerprint density at radius 1 is 1.00 bits per heavy atom. The lowest BCUT2D eigenvalue weighted by molar-refractivity contribution is 0.815. The lowest BCUT2D eigenvalue weighted by Gasteiger charge is -2.29. The van der Waals surface area contributed by atoms with Gasteiger partial charge in [0, 0.05) is 40.4 Å². The maximum Gasteiger partial charge on any atom is 0.0474 e. The van der Waals surface area contributed by atoms with Crippen LogP contribution in [0.5, 0.6) is 0 Å². The molecule has 0 N–H and O–H groups in total. The van der Waals surface area contributed by atoms with Gasteiger partial charge in [0.05, 0.1) is 0 Å². The Kier molecular flexibility index (Phi) is 2.71. The summed E-state index contributed by atoms with van der Waals surface area (Å²) in [5, 5.41) is 0. The number of hydrogen-bond acceptors (Lipinski definition) is 2. The molecular formula is C17H15BrN2. The summed E-state index contributed by atoms with van der Waals surface area (Å²) in [5.74, 6) is 0. The predicted molar refractivity (Wildman–Crippen MR) is 85.9 cm³/mol. The second-order valence-corrected chi connectivity index (χ2v) is 6.42. The van der Waals surface area contributed by atoms with Crippen LogP contribution < -0.4 is 4.90 Å². The summed E-state index contributed by atoms with van der Waals surface area (Å²) in [6, 6.07) is 6.78. The van der Waals surface area contributed by atoms with Crippen molar-refractivity contribution in [2.75, 3.05) is 11.4 Å². The van der Waals surface area contributed by atoms with Gasteiger partial charge in [0.25, 0.3) is 0 Å². The zero-order valence-electron chi connectivity index (χ0n) is 11.2. The SMILES string of the molecule is C=C1CCc2cc(-c3cncc(Br)c3)cc3c2N1CC3. The molecule has 0 bridgehead atoms. The molecule has 0 atom stereocenters. The first-order chi connectivity index (χ1) is 9.72. The van der Waals surface area contributed by atoms with E-state index in [2.05, 4.69) is 50.6 Å². The van der Waals surface area contributed by atoms with Gasteiger partial charge in [-0.25, -0.2) is 0 Å². The van der Waals surface area contributed by atoms with Crippen LogP contribution in [0.1, 0.15) is 17.5 Å². The van der Waals surface area contributed by atoms with Crippen LogP contribution in [-0.2, 0) is 12.8 Å². The van der Waals surface area contributed by atoms with E-state index in [-0.39, 0.29) is 0 Å². The minimum Gasteiger partial charge on any atom is -0.345 e. The lowest BCUT2D eigenvalue weighted by atomic mass is 9.94. The lowest BCUT2D eigenvalue weighted by Crippen LogP contribution is -2.23. The van der Waals surface area contributed by atoms with E-state index in [1.54, 1.807) is 0 Å². The summed E-state index contributed by atoms with van der Waals surface area (Å²) >= 11 is 3.50. The standard InChI is InChI=1S/C17H15BrN2/c1-11-2-3-12-6-14(15-8-16(18)10-19-9-15)7-13-4-5-20(11)17(12)13/h6-10H,1-5H2. The molecule has 0 fully saturated rings. The van der Waals surface area contributed by atoms with Crippen molar-refractivity contribution < 1.29 is 0 Å². The van der Waals surface area contributed by atoms with Crippen LogP contribution in [0.4, 0.5) is 5.69 Å². The van der Waals surface area contributed by atoms with Gasteiger partial charge < -0.3 is 4.90 Å². The molecule has 2 aliphatic heterocycles. The van der Waals surface area contributed by atoms with Crippen molar-refractivity contribution in [2.24, 2.45) is 0 Å². The van der Waals surface area contributed by atoms with Gasteiger partial charge in [0.2, 0.25) is 0 Å². The highest BCUT2D eigenvalue weighted by atomic mass is 79.9. The van der Waals surface area contributed by atoms with Crippen molar-refractivity contribution in [2.45, 2.75) is 19.3 Å². The molecule has 0 radical (unpaired) electrons. The minimum absolute atomic E-state index is 1.03. The smallest absolute Gasteiger partial charge is 0.0474 e. The molecule has 0 saturated heterocycles. The van der Waals surface area contributed by atoms with E-state index in [0.717, 1.165) is 30.3 Å². The number of anilines is 1. The summed E-state index contributed by atoms with van der Waals surface area (Å²) in [5.41, 5.74) is 8.07. The number of aryl methyl sites for hydroxylation is 1. The fraction of sp³-hybridized carbons (Fsp3) is 0.235. The number of rotatable bonds is 1. The third-order valence-electron chi connectivity index (χ3n) is 4.25. The molecular weight excluding hydrogens is 312 g/mol. The van der Waals surface area contributed by atoms with Crippen molar-refractivity contribution in [3.05, 3.63) is 58.5 Å². The van der Waals surface area contributed by atoms with E-state index >= 15 is 0 Å². The van der Waals surface area contributed by atoms with E-state index in [0.29, 0.717) is 0 Å². The Balaban J connectivity index is 1.87. The number of aromatic nitrogens is 1. The van der Waals surface area contributed by atoms with Crippen LogP contribution in [0.15, 0.2) is 47.3 Å². The van der Waals surface area contributed by atoms with Crippen molar-refractivity contribution in [1.82, 2.24) is 4.98 Å². The molecule has 20 heavy (non-hydrogen) atoms. The average Bonchev–Trinajstić information content (AvgIpc) is 2.88. The highest BCUT2D eigenvalue weighted by molar-refractivity contribution is 9.10. The molecule has 0 unspecified atom stereocenters. The molecule has 3 heteroatoms. The van der Waals surface area contributed by atoms with Crippen LogP contribution in [0, 0.1) is 0 Å². The van der Waals surface area contributed by atoms with E-state index in [9.17, 15) is 0 Å². The van der Waals surface area contributed by atoms with Crippen LogP contribution in [-0.4, -0.2) is 11.5 Å². The fourth-order valence-corrected chi connectivity index (χ4v) is 3.66. The predicted octanol–water partition coefficient (Wildman–Crippen LogP) is 4.33. The summed E-state index contributed by atoms with van der Waals surface area (Å²) in [7, 11) is 0. The van der Waals surface area contributed by atoms with E-state index < -0.39 is 0 Å². The molecule has 3 heterocycles. The van der Waals surface area contributed by atoms with Crippen molar-refractivity contribution in [3.63, 3.8) is 0 Å². The van der Waals surface area contributed by atoms with Crippen LogP contribution in [0.2, 0.25) is 0 Å². The Bertz CT molecular complexity index is 721. The maximum atomic E-state index is 4.28. The molecule has 0 saturated carbocycles. The van der Waals surface area contributed by atoms with E-state index in [1.165, 1.54) is 33.6 Å². The van der Waals surface area contributed by atoms with E-state index in [1.807, 2.05) is 12.4 Å². The molecule has 4 rings (SSSR count). The van der Waals surface area contributed by atoms with Gasteiger partial charge in [0.15, 0.2) is 0 Å². The van der Waals surface area contributed by atoms with E-state index in [4.69, 9.17) is 0 Å². The first-order valence-corrected chi connectivity index (χ1v) is 7.74. The highest BCUT2D eigenvalue weighted by Crippen LogP contribution is 2.42. The van der Waals surface area contributed by atoms with Crippen LogP contribution >= 0.6 is 15.9 Å². The third-order valence-corrected chi connectivity index (χ3v) is 4.68. The topological polar surface area (TPSA) is 16.1 Å². The largest absolute Gasteiger partial charge is 0.345 e. The molecule has 1 aromatic carbocycles. The van der Waals surface area contributed by atoms with Crippen LogP contribution in [0.3, 0.4) is 0 Å². The van der Waals surface area contributed by atoms with Gasteiger partial charge in [-0.1, -0.05) is 6.58 Å². The van der Waals surface area contributed by atoms with Gasteiger partial charge in [-0.2, -0.15) is 0 Å². The van der Waals surface area contributed by atoms with Gasteiger partial charge >= 0.3 is 0 Å². The molecule has 0 aliphatic carbocycles. The third kappa shape index (κ3) is 1.80. The molecule has 2 aromatic rings. The number of pyridine rings is 1. The number of benzene rings is 1. The quantitative estimate of drug-likeness (QED) is 0.775. The van der Waals surface area contributed by atoms with Gasteiger partial charge in [-0.05, 0) is 70.1 Å². The summed E-state index contributed by atoms with van der Waals surface area (Å²) in [6.45, 7) is 5.29. The summed E-state index contributed by atoms with van der Waals surface area (Å²) in [6.07, 6.45) is 7.07. The molecule has 0 amide bonds. The first kappa shape index (κ1) is 12.2. The normalized spacial score (nSPS) is 16.4. The molecule has 2 nitrogen and oxygen atoms in total. The summed E-state index contributed by atoms with van der Waals surface area (Å²) in [4.78, 5) is 6.68. The average molecular weight is 327 g/mol. The molecule has 1 aromatic heterocycles. The number of hydrogen-bond donors (Lipinski definition) is 0. The van der Waals surface area contributed by atoms with Gasteiger partial charge in [-0.15, -0.1) is 0 Å². The fourth-order valence-electron chi connectivity index (χ4n) is 3.30. The van der Waals surface area contributed by atoms with Crippen molar-refractivity contribution in [3.8, 4) is 11.1 Å². The zero-order chi connectivity index (χ0) is 13.7. The zero-order valence-corrected chi connectivity index (χ0v) is 12.8. The second kappa shape index (κ2) is 4.45. The maximum absolute atomic E-state index is 4.28. The Morgan fingerprint density at radius 2 is 1.80 bits per heavy atom. The van der Waals surface area contributed by atoms with Crippen molar-refractivity contribution >= 4 is 21.6 Å². The van der Waals surface area contributed by atoms with Gasteiger partial charge in [-0.3, -0.25) is 4.98 Å². The Labute approximate surface area is 127 Å². The molecule has 2 aliphatic rings. The Morgan fingerprint density at radius 3 is 2.60 bits per heavy atom. The monoisotopic (exact) mass is 326 g/mol. The second-order valence-electron chi connectivity index (χ2n) is 5.50. The van der Waals surface area contributed by atoms with Crippen molar-refractivity contribution in [1.29, 1.82) is 0 Å². The molecule has 0 spiro atoms.